The number of ether oxygens (including phenoxy) is 1. The van der Waals surface area contributed by atoms with Gasteiger partial charge in [0.25, 0.3) is 10.0 Å². The first-order valence-corrected chi connectivity index (χ1v) is 16.8. The molecular formula is C35H37Cl2N3O5S. The van der Waals surface area contributed by atoms with Crippen LogP contribution in [0.5, 0.6) is 5.75 Å². The summed E-state index contributed by atoms with van der Waals surface area (Å²) in [6.07, 6.45) is 0.199. The second kappa shape index (κ2) is 15.0. The number of sulfonamides is 1. The van der Waals surface area contributed by atoms with E-state index in [4.69, 9.17) is 27.9 Å². The van der Waals surface area contributed by atoms with Gasteiger partial charge in [0.15, 0.2) is 0 Å². The van der Waals surface area contributed by atoms with Crippen LogP contribution in [0.2, 0.25) is 10.0 Å². The van der Waals surface area contributed by atoms with Gasteiger partial charge in [0.05, 0.1) is 17.7 Å². The van der Waals surface area contributed by atoms with Crippen LogP contribution in [0.25, 0.3) is 0 Å². The number of hydrogen-bond donors (Lipinski definition) is 1. The molecule has 1 atom stereocenters. The number of benzene rings is 4. The van der Waals surface area contributed by atoms with Crippen LogP contribution < -0.4 is 14.4 Å². The third-order valence-corrected chi connectivity index (χ3v) is 9.33. The Bertz CT molecular complexity index is 1740. The Kier molecular flexibility index (Phi) is 11.4. The molecule has 0 unspecified atom stereocenters. The normalized spacial score (nSPS) is 12.2. The number of nitrogens with zero attached hydrogens (tertiary/aromatic N) is 2. The van der Waals surface area contributed by atoms with E-state index in [0.29, 0.717) is 21.4 Å². The highest BCUT2D eigenvalue weighted by Crippen LogP contribution is 2.28. The average Bonchev–Trinajstić information content (AvgIpc) is 3.02. The molecular weight excluding hydrogens is 645 g/mol. The fraction of sp³-hybridized carbons (Fsp3) is 0.257. The monoisotopic (exact) mass is 681 g/mol. The molecule has 46 heavy (non-hydrogen) atoms. The zero-order chi connectivity index (χ0) is 33.5. The minimum Gasteiger partial charge on any atom is -0.497 e. The van der Waals surface area contributed by atoms with Crippen molar-refractivity contribution in [2.45, 2.75) is 50.2 Å². The fourth-order valence-corrected chi connectivity index (χ4v) is 6.54. The van der Waals surface area contributed by atoms with Crippen molar-refractivity contribution in [3.8, 4) is 5.75 Å². The van der Waals surface area contributed by atoms with Gasteiger partial charge in [-0.2, -0.15) is 0 Å². The second-order valence-corrected chi connectivity index (χ2v) is 14.5. The second-order valence-electron chi connectivity index (χ2n) is 11.8. The summed E-state index contributed by atoms with van der Waals surface area (Å²) in [6.45, 7) is 5.00. The van der Waals surface area contributed by atoms with Gasteiger partial charge in [-0.3, -0.25) is 13.9 Å². The van der Waals surface area contributed by atoms with Crippen LogP contribution >= 0.6 is 23.2 Å². The highest BCUT2D eigenvalue weighted by atomic mass is 35.5. The van der Waals surface area contributed by atoms with E-state index in [0.717, 1.165) is 9.87 Å². The maximum atomic E-state index is 14.5. The highest BCUT2D eigenvalue weighted by molar-refractivity contribution is 7.92. The molecule has 2 amide bonds. The number of anilines is 1. The fourth-order valence-electron chi connectivity index (χ4n) is 4.83. The lowest BCUT2D eigenvalue weighted by Crippen LogP contribution is -2.56. The summed E-state index contributed by atoms with van der Waals surface area (Å²) in [5.74, 6) is -0.477. The van der Waals surface area contributed by atoms with Gasteiger partial charge in [-0.25, -0.2) is 8.42 Å². The third kappa shape index (κ3) is 9.25. The summed E-state index contributed by atoms with van der Waals surface area (Å²) in [7, 11) is -2.80. The lowest BCUT2D eigenvalue weighted by molar-refractivity contribution is -0.140. The average molecular weight is 683 g/mol. The molecule has 0 fully saturated rings. The van der Waals surface area contributed by atoms with Crippen molar-refractivity contribution < 1.29 is 22.7 Å². The van der Waals surface area contributed by atoms with Crippen LogP contribution in [0.15, 0.2) is 108 Å². The van der Waals surface area contributed by atoms with E-state index in [1.807, 2.05) is 51.1 Å². The summed E-state index contributed by atoms with van der Waals surface area (Å²) in [5.41, 5.74) is 1.16. The molecule has 0 spiro atoms. The van der Waals surface area contributed by atoms with Gasteiger partial charge in [-0.1, -0.05) is 71.7 Å². The Morgan fingerprint density at radius 2 is 1.48 bits per heavy atom. The number of carbonyl (C=O) groups is 2. The number of hydrogen-bond acceptors (Lipinski definition) is 5. The van der Waals surface area contributed by atoms with Crippen molar-refractivity contribution in [3.63, 3.8) is 0 Å². The number of amides is 2. The van der Waals surface area contributed by atoms with Crippen molar-refractivity contribution in [3.05, 3.63) is 124 Å². The summed E-state index contributed by atoms with van der Waals surface area (Å²) >= 11 is 12.4. The summed E-state index contributed by atoms with van der Waals surface area (Å²) in [4.78, 5) is 29.9. The van der Waals surface area contributed by atoms with Gasteiger partial charge in [0, 0.05) is 28.5 Å². The molecule has 0 aliphatic carbocycles. The highest BCUT2D eigenvalue weighted by Gasteiger charge is 2.35. The van der Waals surface area contributed by atoms with Crippen LogP contribution in [0.4, 0.5) is 5.69 Å². The largest absolute Gasteiger partial charge is 0.497 e. The van der Waals surface area contributed by atoms with Gasteiger partial charge in [0.1, 0.15) is 18.3 Å². The van der Waals surface area contributed by atoms with E-state index in [1.54, 1.807) is 42.5 Å². The molecule has 0 aromatic heterocycles. The Labute approximate surface area is 280 Å². The van der Waals surface area contributed by atoms with E-state index in [-0.39, 0.29) is 29.5 Å². The molecule has 0 radical (unpaired) electrons. The summed E-state index contributed by atoms with van der Waals surface area (Å²) in [5, 5.41) is 3.83. The molecule has 4 rings (SSSR count). The molecule has 0 heterocycles. The van der Waals surface area contributed by atoms with Gasteiger partial charge in [-0.15, -0.1) is 0 Å². The van der Waals surface area contributed by atoms with Crippen molar-refractivity contribution in [2.75, 3.05) is 18.0 Å². The maximum Gasteiger partial charge on any atom is 0.264 e. The molecule has 242 valence electrons. The molecule has 11 heteroatoms. The van der Waals surface area contributed by atoms with E-state index in [9.17, 15) is 18.0 Å². The molecule has 0 aliphatic rings. The number of carbonyl (C=O) groups excluding carboxylic acids is 2. The Hall–Kier alpha value is -4.05. The standard InChI is InChI=1S/C35H37Cl2N3O5S/c1-35(2,3)38-34(42)32(21-25-9-6-5-7-10-25)39(23-26-13-15-27(36)16-14-26)33(41)24-40(29-12-8-11-28(37)22-29)46(43,44)31-19-17-30(45-4)18-20-31/h5-20,22,32H,21,23-24H2,1-4H3,(H,38,42)/t32-/m1/s1. The van der Waals surface area contributed by atoms with Gasteiger partial charge in [0.2, 0.25) is 11.8 Å². The molecule has 0 saturated carbocycles. The van der Waals surface area contributed by atoms with Crippen molar-refractivity contribution >= 4 is 50.7 Å². The molecule has 4 aromatic rings. The van der Waals surface area contributed by atoms with E-state index < -0.39 is 34.1 Å². The maximum absolute atomic E-state index is 14.5. The van der Waals surface area contributed by atoms with Crippen molar-refractivity contribution in [1.29, 1.82) is 0 Å². The Morgan fingerprint density at radius 3 is 2.07 bits per heavy atom. The van der Waals surface area contributed by atoms with Gasteiger partial charge < -0.3 is 15.0 Å². The lowest BCUT2D eigenvalue weighted by atomic mass is 10.0. The Balaban J connectivity index is 1.81. The van der Waals surface area contributed by atoms with E-state index in [2.05, 4.69) is 5.32 Å². The van der Waals surface area contributed by atoms with Crippen molar-refractivity contribution in [2.24, 2.45) is 0 Å². The van der Waals surface area contributed by atoms with Crippen LogP contribution in [0, 0.1) is 0 Å². The SMILES string of the molecule is COc1ccc(S(=O)(=O)N(CC(=O)N(Cc2ccc(Cl)cc2)[C@H](Cc2ccccc2)C(=O)NC(C)(C)C)c2cccc(Cl)c2)cc1. The zero-order valence-corrected chi connectivity index (χ0v) is 28.4. The third-order valence-electron chi connectivity index (χ3n) is 7.06. The van der Waals surface area contributed by atoms with E-state index in [1.165, 1.54) is 42.3 Å². The number of methoxy groups -OCH3 is 1. The number of rotatable bonds is 12. The molecule has 1 N–H and O–H groups in total. The summed E-state index contributed by atoms with van der Waals surface area (Å²) < 4.78 is 34.5. The van der Waals surface area contributed by atoms with Gasteiger partial charge >= 0.3 is 0 Å². The Morgan fingerprint density at radius 1 is 0.826 bits per heavy atom. The minimum absolute atomic E-state index is 0.0248. The molecule has 0 saturated heterocycles. The number of nitrogens with one attached hydrogen (secondary N) is 1. The topological polar surface area (TPSA) is 96.0 Å². The lowest BCUT2D eigenvalue weighted by Gasteiger charge is -2.35. The zero-order valence-electron chi connectivity index (χ0n) is 26.1. The minimum atomic E-state index is -4.28. The number of halogens is 2. The first kappa shape index (κ1) is 34.8. The van der Waals surface area contributed by atoms with Crippen LogP contribution in [0.3, 0.4) is 0 Å². The molecule has 0 aliphatic heterocycles. The smallest absolute Gasteiger partial charge is 0.264 e. The predicted molar refractivity (Wildman–Crippen MR) is 183 cm³/mol. The first-order valence-electron chi connectivity index (χ1n) is 14.6. The quantitative estimate of drug-likeness (QED) is 0.178. The van der Waals surface area contributed by atoms with Gasteiger partial charge in [-0.05, 0) is 86.5 Å². The van der Waals surface area contributed by atoms with Crippen molar-refractivity contribution in [1.82, 2.24) is 10.2 Å². The first-order chi connectivity index (χ1) is 21.8. The molecule has 8 nitrogen and oxygen atoms in total. The van der Waals surface area contributed by atoms with Crippen LogP contribution in [0.1, 0.15) is 31.9 Å². The van der Waals surface area contributed by atoms with E-state index >= 15 is 0 Å². The molecule has 4 aromatic carbocycles. The van der Waals surface area contributed by atoms with Crippen LogP contribution in [-0.2, 0) is 32.6 Å². The predicted octanol–water partition coefficient (Wildman–Crippen LogP) is 6.75. The van der Waals surface area contributed by atoms with Crippen LogP contribution in [-0.4, -0.2) is 50.4 Å². The summed E-state index contributed by atoms with van der Waals surface area (Å²) in [6, 6.07) is 27.5. The molecule has 0 bridgehead atoms.